The lowest BCUT2D eigenvalue weighted by molar-refractivity contribution is -0.137. The van der Waals surface area contributed by atoms with E-state index in [0.717, 1.165) is 0 Å². The summed E-state index contributed by atoms with van der Waals surface area (Å²) >= 11 is 1.60. The number of ether oxygens (including phenoxy) is 1. The van der Waals surface area contributed by atoms with E-state index in [4.69, 9.17) is 4.74 Å². The van der Waals surface area contributed by atoms with Gasteiger partial charge in [-0.1, -0.05) is 13.0 Å². The maximum Gasteiger partial charge on any atom is 0.330 e. The minimum atomic E-state index is -0.323. The van der Waals surface area contributed by atoms with Gasteiger partial charge < -0.3 is 9.84 Å². The highest BCUT2D eigenvalue weighted by Gasteiger charge is 2.07. The predicted molar refractivity (Wildman–Crippen MR) is 59.4 cm³/mol. The second-order valence-corrected chi connectivity index (χ2v) is 4.34. The zero-order chi connectivity index (χ0) is 11.0. The summed E-state index contributed by atoms with van der Waals surface area (Å²) in [5.41, 5.74) is 0. The van der Waals surface area contributed by atoms with Crippen LogP contribution >= 0.6 is 11.8 Å². The third kappa shape index (κ3) is 6.97. The van der Waals surface area contributed by atoms with E-state index in [0.29, 0.717) is 12.4 Å². The number of aliphatic hydroxyl groups excluding tert-OH is 1. The van der Waals surface area contributed by atoms with Crippen LogP contribution in [0.3, 0.4) is 0 Å². The fourth-order valence-corrected chi connectivity index (χ4v) is 1.47. The number of carbonyl (C=O) groups is 1. The van der Waals surface area contributed by atoms with E-state index in [9.17, 15) is 9.90 Å². The Morgan fingerprint density at radius 2 is 2.21 bits per heavy atom. The molecular weight excluding hydrogens is 200 g/mol. The number of aliphatic hydroxyl groups is 1. The zero-order valence-electron chi connectivity index (χ0n) is 8.90. The van der Waals surface area contributed by atoms with Crippen molar-refractivity contribution in [1.29, 1.82) is 0 Å². The number of hydrogen-bond donors (Lipinski definition) is 1. The third-order valence-corrected chi connectivity index (χ3v) is 2.98. The summed E-state index contributed by atoms with van der Waals surface area (Å²) in [5.74, 6) is 0.406. The zero-order valence-corrected chi connectivity index (χ0v) is 9.71. The highest BCUT2D eigenvalue weighted by molar-refractivity contribution is 8.00. The maximum atomic E-state index is 10.9. The van der Waals surface area contributed by atoms with Gasteiger partial charge in [-0.15, -0.1) is 0 Å². The third-order valence-electron chi connectivity index (χ3n) is 1.68. The minimum Gasteiger partial charge on any atom is -0.463 e. The van der Waals surface area contributed by atoms with Crippen LogP contribution in [-0.4, -0.2) is 34.8 Å². The van der Waals surface area contributed by atoms with E-state index in [1.54, 1.807) is 31.7 Å². The molecular formula is C10H18O3S. The summed E-state index contributed by atoms with van der Waals surface area (Å²) in [5, 5.41) is 9.36. The van der Waals surface area contributed by atoms with Crippen molar-refractivity contribution < 1.29 is 14.6 Å². The van der Waals surface area contributed by atoms with Gasteiger partial charge in [0.05, 0.1) is 12.7 Å². The van der Waals surface area contributed by atoms with E-state index in [2.05, 4.69) is 0 Å². The Labute approximate surface area is 89.5 Å². The van der Waals surface area contributed by atoms with Crippen molar-refractivity contribution in [3.05, 3.63) is 12.2 Å². The molecule has 82 valence electrons. The van der Waals surface area contributed by atoms with Crippen LogP contribution in [0.1, 0.15) is 20.8 Å². The molecule has 0 fully saturated rings. The van der Waals surface area contributed by atoms with Gasteiger partial charge in [0, 0.05) is 17.1 Å². The van der Waals surface area contributed by atoms with Crippen molar-refractivity contribution in [1.82, 2.24) is 0 Å². The highest BCUT2D eigenvalue weighted by Crippen LogP contribution is 2.13. The molecule has 0 aliphatic heterocycles. The Hall–Kier alpha value is -0.480. The molecule has 0 aliphatic rings. The number of esters is 1. The van der Waals surface area contributed by atoms with Gasteiger partial charge in [-0.3, -0.25) is 0 Å². The molecule has 2 unspecified atom stereocenters. The van der Waals surface area contributed by atoms with E-state index in [1.807, 2.05) is 6.92 Å². The van der Waals surface area contributed by atoms with Crippen molar-refractivity contribution in [3.63, 3.8) is 0 Å². The fraction of sp³-hybridized carbons (Fsp3) is 0.700. The summed E-state index contributed by atoms with van der Waals surface area (Å²) in [6.07, 6.45) is 2.85. The molecule has 1 N–H and O–H groups in total. The topological polar surface area (TPSA) is 46.5 Å². The predicted octanol–water partition coefficient (Wildman–Crippen LogP) is 1.61. The quantitative estimate of drug-likeness (QED) is 0.543. The van der Waals surface area contributed by atoms with E-state index >= 15 is 0 Å². The molecule has 0 spiro atoms. The maximum absolute atomic E-state index is 10.9. The van der Waals surface area contributed by atoms with Gasteiger partial charge in [0.2, 0.25) is 0 Å². The van der Waals surface area contributed by atoms with Crippen LogP contribution in [0.2, 0.25) is 0 Å². The molecule has 0 aromatic heterocycles. The lowest BCUT2D eigenvalue weighted by Gasteiger charge is -2.11. The largest absolute Gasteiger partial charge is 0.463 e. The lowest BCUT2D eigenvalue weighted by Crippen LogP contribution is -2.15. The van der Waals surface area contributed by atoms with Gasteiger partial charge in [-0.2, -0.15) is 11.8 Å². The second-order valence-electron chi connectivity index (χ2n) is 2.93. The fourth-order valence-electron chi connectivity index (χ4n) is 0.681. The number of rotatable bonds is 6. The molecule has 0 aromatic carbocycles. The molecule has 4 heteroatoms. The molecule has 0 radical (unpaired) electrons. The van der Waals surface area contributed by atoms with Crippen molar-refractivity contribution in [3.8, 4) is 0 Å². The summed E-state index contributed by atoms with van der Waals surface area (Å²) in [7, 11) is 0. The molecule has 0 rings (SSSR count). The first-order chi connectivity index (χ1) is 6.57. The summed E-state index contributed by atoms with van der Waals surface area (Å²) in [6.45, 7) is 5.89. The van der Waals surface area contributed by atoms with Crippen LogP contribution in [0, 0.1) is 0 Å². The minimum absolute atomic E-state index is 0.182. The molecule has 0 saturated carbocycles. The highest BCUT2D eigenvalue weighted by atomic mass is 32.2. The van der Waals surface area contributed by atoms with Crippen LogP contribution in [0.4, 0.5) is 0 Å². The molecule has 0 saturated heterocycles. The first-order valence-electron chi connectivity index (χ1n) is 4.70. The smallest absolute Gasteiger partial charge is 0.330 e. The molecule has 0 heterocycles. The Morgan fingerprint density at radius 3 is 2.71 bits per heavy atom. The molecule has 0 bridgehead atoms. The van der Waals surface area contributed by atoms with Crippen LogP contribution in [0.25, 0.3) is 0 Å². The van der Waals surface area contributed by atoms with Crippen LogP contribution in [0.15, 0.2) is 12.2 Å². The summed E-state index contributed by atoms with van der Waals surface area (Å²) < 4.78 is 4.71. The number of carbonyl (C=O) groups excluding carboxylic acids is 1. The first-order valence-corrected chi connectivity index (χ1v) is 5.75. The van der Waals surface area contributed by atoms with Gasteiger partial charge in [-0.05, 0) is 13.8 Å². The summed E-state index contributed by atoms with van der Waals surface area (Å²) in [4.78, 5) is 10.9. The van der Waals surface area contributed by atoms with Gasteiger partial charge in [-0.25, -0.2) is 4.79 Å². The van der Waals surface area contributed by atoms with Gasteiger partial charge in [0.25, 0.3) is 0 Å². The van der Waals surface area contributed by atoms with E-state index < -0.39 is 0 Å². The number of thioether (sulfide) groups is 1. The monoisotopic (exact) mass is 218 g/mol. The standard InChI is InChI=1S/C10H18O3S/c1-4-13-10(12)6-5-7-14-9(3)8(2)11/h5-6,8-9,11H,4,7H2,1-3H3/b6-5+. The molecule has 3 nitrogen and oxygen atoms in total. The normalized spacial score (nSPS) is 15.4. The molecule has 14 heavy (non-hydrogen) atoms. The van der Waals surface area contributed by atoms with E-state index in [-0.39, 0.29) is 17.3 Å². The van der Waals surface area contributed by atoms with Crippen LogP contribution in [0.5, 0.6) is 0 Å². The average molecular weight is 218 g/mol. The Kier molecular flexibility index (Phi) is 7.61. The lowest BCUT2D eigenvalue weighted by atomic mass is 10.3. The van der Waals surface area contributed by atoms with Crippen molar-refractivity contribution in [2.45, 2.75) is 32.1 Å². The Bertz CT molecular complexity index is 190. The van der Waals surface area contributed by atoms with Crippen molar-refractivity contribution in [2.75, 3.05) is 12.4 Å². The molecule has 2 atom stereocenters. The first kappa shape index (κ1) is 13.5. The van der Waals surface area contributed by atoms with Crippen LogP contribution in [-0.2, 0) is 9.53 Å². The molecule has 0 aromatic rings. The molecule has 0 amide bonds. The van der Waals surface area contributed by atoms with Crippen molar-refractivity contribution >= 4 is 17.7 Å². The second kappa shape index (κ2) is 7.88. The van der Waals surface area contributed by atoms with Crippen molar-refractivity contribution in [2.24, 2.45) is 0 Å². The Morgan fingerprint density at radius 1 is 1.57 bits per heavy atom. The SMILES string of the molecule is CCOC(=O)/C=C/CSC(C)C(C)O. The van der Waals surface area contributed by atoms with Crippen LogP contribution < -0.4 is 0 Å². The summed E-state index contributed by atoms with van der Waals surface area (Å²) in [6, 6.07) is 0. The van der Waals surface area contributed by atoms with Gasteiger partial charge in [0.1, 0.15) is 0 Å². The Balaban J connectivity index is 3.57. The molecule has 0 aliphatic carbocycles. The number of hydrogen-bond acceptors (Lipinski definition) is 4. The van der Waals surface area contributed by atoms with Gasteiger partial charge >= 0.3 is 5.97 Å². The van der Waals surface area contributed by atoms with Gasteiger partial charge in [0.15, 0.2) is 0 Å². The average Bonchev–Trinajstić information content (AvgIpc) is 2.12. The van der Waals surface area contributed by atoms with E-state index in [1.165, 1.54) is 6.08 Å².